The van der Waals surface area contributed by atoms with Gasteiger partial charge < -0.3 is 14.8 Å². The van der Waals surface area contributed by atoms with Crippen LogP contribution in [0.15, 0.2) is 60.7 Å². The van der Waals surface area contributed by atoms with Crippen molar-refractivity contribution in [2.45, 2.75) is 30.9 Å². The molecule has 4 nitrogen and oxygen atoms in total. The highest BCUT2D eigenvalue weighted by molar-refractivity contribution is 5.86. The molecule has 1 saturated heterocycles. The zero-order chi connectivity index (χ0) is 19.3. The van der Waals surface area contributed by atoms with Gasteiger partial charge in [0.25, 0.3) is 5.91 Å². The molecule has 1 aliphatic rings. The molecule has 3 rings (SSSR count). The Hall–Kier alpha value is -2.38. The van der Waals surface area contributed by atoms with Crippen LogP contribution in [0.1, 0.15) is 11.1 Å². The molecule has 0 aliphatic carbocycles. The van der Waals surface area contributed by atoms with Crippen molar-refractivity contribution < 1.29 is 27.4 Å². The molecule has 0 saturated carbocycles. The van der Waals surface area contributed by atoms with E-state index < -0.39 is 30.3 Å². The lowest BCUT2D eigenvalue weighted by Crippen LogP contribution is -2.64. The first kappa shape index (κ1) is 19.4. The van der Waals surface area contributed by atoms with Gasteiger partial charge in [-0.05, 0) is 11.1 Å². The van der Waals surface area contributed by atoms with Gasteiger partial charge in [-0.2, -0.15) is 13.2 Å². The van der Waals surface area contributed by atoms with Gasteiger partial charge >= 0.3 is 6.18 Å². The van der Waals surface area contributed by atoms with Crippen LogP contribution < -0.4 is 5.32 Å². The van der Waals surface area contributed by atoms with E-state index in [1.807, 2.05) is 30.3 Å². The fourth-order valence-corrected chi connectivity index (χ4v) is 3.00. The predicted molar refractivity (Wildman–Crippen MR) is 92.9 cm³/mol. The van der Waals surface area contributed by atoms with Crippen LogP contribution in [0.5, 0.6) is 0 Å². The van der Waals surface area contributed by atoms with Crippen molar-refractivity contribution in [3.8, 4) is 0 Å². The molecule has 0 radical (unpaired) electrons. The van der Waals surface area contributed by atoms with Gasteiger partial charge in [0.2, 0.25) is 0 Å². The quantitative estimate of drug-likeness (QED) is 0.838. The molecule has 1 N–H and O–H groups in total. The van der Waals surface area contributed by atoms with Crippen LogP contribution in [-0.2, 0) is 27.3 Å². The Labute approximate surface area is 155 Å². The number of rotatable bonds is 6. The molecule has 7 heteroatoms. The number of halogens is 3. The maximum absolute atomic E-state index is 13.2. The zero-order valence-electron chi connectivity index (χ0n) is 14.5. The second-order valence-electron chi connectivity index (χ2n) is 6.49. The van der Waals surface area contributed by atoms with Crippen molar-refractivity contribution in [1.29, 1.82) is 0 Å². The minimum atomic E-state index is -4.57. The third-order valence-electron chi connectivity index (χ3n) is 4.37. The molecule has 2 aromatic rings. The summed E-state index contributed by atoms with van der Waals surface area (Å²) in [5.74, 6) is -0.597. The van der Waals surface area contributed by atoms with Gasteiger partial charge in [0.15, 0.2) is 11.7 Å². The summed E-state index contributed by atoms with van der Waals surface area (Å²) >= 11 is 0. The van der Waals surface area contributed by atoms with Crippen molar-refractivity contribution >= 4 is 5.91 Å². The molecule has 1 aliphatic heterocycles. The van der Waals surface area contributed by atoms with Gasteiger partial charge in [-0.3, -0.25) is 4.79 Å². The van der Waals surface area contributed by atoms with Gasteiger partial charge in [-0.1, -0.05) is 60.7 Å². The number of carbonyl (C=O) groups excluding carboxylic acids is 1. The number of hydrogen-bond acceptors (Lipinski definition) is 3. The lowest BCUT2D eigenvalue weighted by Gasteiger charge is -2.40. The molecule has 1 amide bonds. The third kappa shape index (κ3) is 4.87. The molecule has 2 aromatic carbocycles. The molecular weight excluding hydrogens is 359 g/mol. The average Bonchev–Trinajstić information content (AvgIpc) is 2.65. The minimum absolute atomic E-state index is 0.0129. The number of morpholine rings is 1. The number of carbonyl (C=O) groups is 1. The Morgan fingerprint density at radius 2 is 1.63 bits per heavy atom. The summed E-state index contributed by atoms with van der Waals surface area (Å²) in [4.78, 5) is 12.6. The standard InChI is InChI=1S/C20H20F3NO3/c21-20(22,23)17-12-24-18(25)19(27-17,11-15-7-3-1-4-8-15)14-26-13-16-9-5-2-6-10-16/h1-10,17H,11-14H2,(H,24,25). The van der Waals surface area contributed by atoms with Crippen LogP contribution in [0, 0.1) is 0 Å². The molecule has 1 fully saturated rings. The summed E-state index contributed by atoms with van der Waals surface area (Å²) in [5.41, 5.74) is -0.191. The van der Waals surface area contributed by atoms with E-state index >= 15 is 0 Å². The lowest BCUT2D eigenvalue weighted by atomic mass is 9.92. The summed E-state index contributed by atoms with van der Waals surface area (Å²) < 4.78 is 50.6. The van der Waals surface area contributed by atoms with E-state index in [0.29, 0.717) is 5.56 Å². The van der Waals surface area contributed by atoms with Crippen molar-refractivity contribution in [3.05, 3.63) is 71.8 Å². The van der Waals surface area contributed by atoms with Crippen LogP contribution in [0.25, 0.3) is 0 Å². The molecule has 0 spiro atoms. The molecule has 2 atom stereocenters. The first-order valence-corrected chi connectivity index (χ1v) is 8.57. The summed E-state index contributed by atoms with van der Waals surface area (Å²) in [5, 5.41) is 2.33. The smallest absolute Gasteiger partial charge is 0.373 e. The van der Waals surface area contributed by atoms with E-state index in [2.05, 4.69) is 5.32 Å². The monoisotopic (exact) mass is 379 g/mol. The van der Waals surface area contributed by atoms with Gasteiger partial charge in [0.05, 0.1) is 19.8 Å². The molecule has 0 bridgehead atoms. The largest absolute Gasteiger partial charge is 0.416 e. The molecule has 2 unspecified atom stereocenters. The maximum Gasteiger partial charge on any atom is 0.416 e. The Bertz CT molecular complexity index is 752. The SMILES string of the molecule is O=C1NCC(C(F)(F)F)OC1(COCc1ccccc1)Cc1ccccc1. The summed E-state index contributed by atoms with van der Waals surface area (Å²) in [6, 6.07) is 18.0. The predicted octanol–water partition coefficient (Wildman–Crippen LogP) is 3.26. The van der Waals surface area contributed by atoms with Crippen LogP contribution in [-0.4, -0.2) is 36.9 Å². The van der Waals surface area contributed by atoms with E-state index in [-0.39, 0.29) is 19.6 Å². The number of amides is 1. The van der Waals surface area contributed by atoms with Gasteiger partial charge in [-0.15, -0.1) is 0 Å². The normalized spacial score (nSPS) is 23.1. The lowest BCUT2D eigenvalue weighted by molar-refractivity contribution is -0.264. The van der Waals surface area contributed by atoms with Crippen LogP contribution in [0.2, 0.25) is 0 Å². The molecule has 27 heavy (non-hydrogen) atoms. The molecule has 144 valence electrons. The highest BCUT2D eigenvalue weighted by Crippen LogP contribution is 2.32. The van der Waals surface area contributed by atoms with Crippen LogP contribution in [0.3, 0.4) is 0 Å². The van der Waals surface area contributed by atoms with Crippen molar-refractivity contribution in [2.24, 2.45) is 0 Å². The molecular formula is C20H20F3NO3. The number of benzene rings is 2. The zero-order valence-corrected chi connectivity index (χ0v) is 14.5. The highest BCUT2D eigenvalue weighted by atomic mass is 19.4. The van der Waals surface area contributed by atoms with Crippen molar-refractivity contribution in [1.82, 2.24) is 5.32 Å². The second-order valence-corrected chi connectivity index (χ2v) is 6.49. The number of ether oxygens (including phenoxy) is 2. The van der Waals surface area contributed by atoms with Gasteiger partial charge in [0.1, 0.15) is 0 Å². The Kier molecular flexibility index (Phi) is 5.82. The van der Waals surface area contributed by atoms with Crippen molar-refractivity contribution in [2.75, 3.05) is 13.2 Å². The number of alkyl halides is 3. The number of nitrogens with one attached hydrogen (secondary N) is 1. The van der Waals surface area contributed by atoms with E-state index in [1.165, 1.54) is 0 Å². The third-order valence-corrected chi connectivity index (χ3v) is 4.37. The Balaban J connectivity index is 1.80. The fourth-order valence-electron chi connectivity index (χ4n) is 3.00. The number of hydrogen-bond donors (Lipinski definition) is 1. The van der Waals surface area contributed by atoms with E-state index in [9.17, 15) is 18.0 Å². The minimum Gasteiger partial charge on any atom is -0.373 e. The van der Waals surface area contributed by atoms with E-state index in [4.69, 9.17) is 9.47 Å². The summed E-state index contributed by atoms with van der Waals surface area (Å²) in [6.07, 6.45) is -6.66. The average molecular weight is 379 g/mol. The first-order valence-electron chi connectivity index (χ1n) is 8.57. The summed E-state index contributed by atoms with van der Waals surface area (Å²) in [7, 11) is 0. The first-order chi connectivity index (χ1) is 12.9. The van der Waals surface area contributed by atoms with Crippen LogP contribution >= 0.6 is 0 Å². The van der Waals surface area contributed by atoms with E-state index in [0.717, 1.165) is 5.56 Å². The fraction of sp³-hybridized carbons (Fsp3) is 0.350. The van der Waals surface area contributed by atoms with E-state index in [1.54, 1.807) is 30.3 Å². The van der Waals surface area contributed by atoms with Crippen molar-refractivity contribution in [3.63, 3.8) is 0 Å². The summed E-state index contributed by atoms with van der Waals surface area (Å²) in [6.45, 7) is -0.711. The topological polar surface area (TPSA) is 47.6 Å². The van der Waals surface area contributed by atoms with Gasteiger partial charge in [0, 0.05) is 6.42 Å². The van der Waals surface area contributed by atoms with Crippen LogP contribution in [0.4, 0.5) is 13.2 Å². The maximum atomic E-state index is 13.2. The Morgan fingerprint density at radius 3 is 2.22 bits per heavy atom. The van der Waals surface area contributed by atoms with Gasteiger partial charge in [-0.25, -0.2) is 0 Å². The molecule has 1 heterocycles. The Morgan fingerprint density at radius 1 is 1.04 bits per heavy atom. The molecule has 0 aromatic heterocycles. The highest BCUT2D eigenvalue weighted by Gasteiger charge is 2.53. The second kappa shape index (κ2) is 8.10.